The number of benzene rings is 1. The Bertz CT molecular complexity index is 482. The number of carboxylic acids is 1. The molecular weight excluding hydrogens is 256 g/mol. The fourth-order valence-electron chi connectivity index (χ4n) is 1.66. The van der Waals surface area contributed by atoms with Gasteiger partial charge in [-0.3, -0.25) is 0 Å². The normalized spacial score (nSPS) is 13.7. The van der Waals surface area contributed by atoms with E-state index >= 15 is 0 Å². The average Bonchev–Trinajstić information content (AvgIpc) is 2.38. The molecule has 0 aliphatic heterocycles. The van der Waals surface area contributed by atoms with Crippen molar-refractivity contribution in [2.45, 2.75) is 45.6 Å². The second-order valence-electron chi connectivity index (χ2n) is 5.35. The number of amides is 2. The Hall–Kier alpha value is -2.04. The van der Waals surface area contributed by atoms with Crippen LogP contribution >= 0.6 is 0 Å². The van der Waals surface area contributed by atoms with Crippen molar-refractivity contribution < 1.29 is 14.7 Å². The van der Waals surface area contributed by atoms with E-state index in [-0.39, 0.29) is 0 Å². The molecule has 1 rings (SSSR count). The summed E-state index contributed by atoms with van der Waals surface area (Å²) in [6.45, 7) is 7.38. The molecule has 0 radical (unpaired) electrons. The summed E-state index contributed by atoms with van der Waals surface area (Å²) in [6.07, 6.45) is 0.308. The van der Waals surface area contributed by atoms with Crippen molar-refractivity contribution in [2.24, 2.45) is 0 Å². The van der Waals surface area contributed by atoms with Crippen LogP contribution in [0.1, 0.15) is 45.6 Å². The van der Waals surface area contributed by atoms with Gasteiger partial charge in [-0.05, 0) is 37.0 Å². The minimum absolute atomic E-state index is 0.308. The molecule has 5 heteroatoms. The van der Waals surface area contributed by atoms with Crippen molar-refractivity contribution in [1.29, 1.82) is 0 Å². The molecule has 5 nitrogen and oxygen atoms in total. The number of nitrogens with one attached hydrogen (secondary N) is 2. The molecule has 0 saturated carbocycles. The Kier molecular flexibility index (Phi) is 5.13. The zero-order chi connectivity index (χ0) is 15.3. The lowest BCUT2D eigenvalue weighted by Gasteiger charge is -2.24. The number of carbonyl (C=O) groups is 2. The van der Waals surface area contributed by atoms with E-state index in [1.54, 1.807) is 19.1 Å². The third-order valence-electron chi connectivity index (χ3n) is 3.40. The lowest BCUT2D eigenvalue weighted by atomic mass is 10.00. The van der Waals surface area contributed by atoms with Gasteiger partial charge in [-0.15, -0.1) is 0 Å². The molecular formula is C15H22N2O3. The smallest absolute Gasteiger partial charge is 0.329 e. The molecule has 20 heavy (non-hydrogen) atoms. The van der Waals surface area contributed by atoms with Gasteiger partial charge in [-0.2, -0.15) is 0 Å². The van der Waals surface area contributed by atoms with Gasteiger partial charge in [0.15, 0.2) is 0 Å². The first-order chi connectivity index (χ1) is 9.28. The number of carboxylic acid groups (broad SMARTS) is 1. The van der Waals surface area contributed by atoms with Crippen LogP contribution in [0.15, 0.2) is 24.3 Å². The molecule has 0 saturated heterocycles. The highest BCUT2D eigenvalue weighted by Crippen LogP contribution is 2.17. The molecule has 0 aromatic heterocycles. The van der Waals surface area contributed by atoms with Gasteiger partial charge in [0, 0.05) is 5.69 Å². The fraction of sp³-hybridized carbons (Fsp3) is 0.467. The van der Waals surface area contributed by atoms with Crippen molar-refractivity contribution in [1.82, 2.24) is 5.32 Å². The minimum atomic E-state index is -1.26. The molecule has 110 valence electrons. The third kappa shape index (κ3) is 3.98. The van der Waals surface area contributed by atoms with Crippen molar-refractivity contribution in [3.05, 3.63) is 29.8 Å². The summed E-state index contributed by atoms with van der Waals surface area (Å²) in [5.74, 6) is -0.626. The van der Waals surface area contributed by atoms with Gasteiger partial charge in [-0.1, -0.05) is 32.9 Å². The van der Waals surface area contributed by atoms with E-state index in [0.717, 1.165) is 0 Å². The fourth-order valence-corrected chi connectivity index (χ4v) is 1.66. The van der Waals surface area contributed by atoms with Gasteiger partial charge in [0.25, 0.3) is 0 Å². The Balaban J connectivity index is 2.69. The first-order valence-corrected chi connectivity index (χ1v) is 6.71. The molecule has 1 unspecified atom stereocenters. The van der Waals surface area contributed by atoms with E-state index in [2.05, 4.69) is 24.5 Å². The molecule has 0 heterocycles. The Morgan fingerprint density at radius 2 is 1.80 bits per heavy atom. The Morgan fingerprint density at radius 3 is 2.20 bits per heavy atom. The molecule has 0 fully saturated rings. The van der Waals surface area contributed by atoms with E-state index in [1.807, 2.05) is 12.1 Å². The molecule has 1 atom stereocenters. The highest BCUT2D eigenvalue weighted by Gasteiger charge is 2.32. The lowest BCUT2D eigenvalue weighted by molar-refractivity contribution is -0.143. The molecule has 1 aromatic rings. The Labute approximate surface area is 119 Å². The standard InChI is InChI=1S/C15H22N2O3/c1-5-15(4,13(18)19)17-14(20)16-12-8-6-11(7-9-12)10(2)3/h6-10H,5H2,1-4H3,(H,18,19)(H2,16,17,20). The maximum absolute atomic E-state index is 11.8. The minimum Gasteiger partial charge on any atom is -0.480 e. The van der Waals surface area contributed by atoms with E-state index in [4.69, 9.17) is 5.11 Å². The van der Waals surface area contributed by atoms with E-state index < -0.39 is 17.5 Å². The topological polar surface area (TPSA) is 78.4 Å². The maximum atomic E-state index is 11.8. The molecule has 0 aliphatic rings. The summed E-state index contributed by atoms with van der Waals surface area (Å²) in [4.78, 5) is 22.9. The molecule has 0 bridgehead atoms. The zero-order valence-corrected chi connectivity index (χ0v) is 12.4. The van der Waals surface area contributed by atoms with Gasteiger partial charge >= 0.3 is 12.0 Å². The van der Waals surface area contributed by atoms with Gasteiger partial charge in [0.2, 0.25) is 0 Å². The second-order valence-corrected chi connectivity index (χ2v) is 5.35. The van der Waals surface area contributed by atoms with Crippen molar-refractivity contribution >= 4 is 17.7 Å². The molecule has 0 aliphatic carbocycles. The maximum Gasteiger partial charge on any atom is 0.329 e. The number of hydrogen-bond donors (Lipinski definition) is 3. The van der Waals surface area contributed by atoms with Crippen LogP contribution in [0.3, 0.4) is 0 Å². The van der Waals surface area contributed by atoms with Gasteiger partial charge < -0.3 is 15.7 Å². The van der Waals surface area contributed by atoms with Crippen LogP contribution in [0.4, 0.5) is 10.5 Å². The van der Waals surface area contributed by atoms with Crippen LogP contribution in [0, 0.1) is 0 Å². The number of carbonyl (C=O) groups excluding carboxylic acids is 1. The van der Waals surface area contributed by atoms with Crippen LogP contribution in [-0.4, -0.2) is 22.6 Å². The summed E-state index contributed by atoms with van der Waals surface area (Å²) in [5, 5.41) is 14.2. The van der Waals surface area contributed by atoms with Crippen LogP contribution in [0.5, 0.6) is 0 Å². The quantitative estimate of drug-likeness (QED) is 0.774. The predicted octanol–water partition coefficient (Wildman–Crippen LogP) is 3.18. The lowest BCUT2D eigenvalue weighted by Crippen LogP contribution is -2.53. The monoisotopic (exact) mass is 278 g/mol. The summed E-state index contributed by atoms with van der Waals surface area (Å²) in [6, 6.07) is 6.97. The zero-order valence-electron chi connectivity index (χ0n) is 12.4. The highest BCUT2D eigenvalue weighted by molar-refractivity contribution is 5.93. The van der Waals surface area contributed by atoms with Gasteiger partial charge in [-0.25, -0.2) is 9.59 Å². The van der Waals surface area contributed by atoms with Crippen LogP contribution in [-0.2, 0) is 4.79 Å². The molecule has 1 aromatic carbocycles. The number of urea groups is 1. The summed E-state index contributed by atoms with van der Waals surface area (Å²) < 4.78 is 0. The Morgan fingerprint density at radius 1 is 1.25 bits per heavy atom. The van der Waals surface area contributed by atoms with Crippen molar-refractivity contribution in [3.8, 4) is 0 Å². The van der Waals surface area contributed by atoms with Crippen LogP contribution in [0.2, 0.25) is 0 Å². The predicted molar refractivity (Wildman–Crippen MR) is 79.0 cm³/mol. The third-order valence-corrected chi connectivity index (χ3v) is 3.40. The summed E-state index contributed by atoms with van der Waals surface area (Å²) in [5.41, 5.74) is 0.553. The molecule has 2 amide bonds. The van der Waals surface area contributed by atoms with E-state index in [0.29, 0.717) is 18.0 Å². The van der Waals surface area contributed by atoms with Crippen molar-refractivity contribution in [2.75, 3.05) is 5.32 Å². The molecule has 3 N–H and O–H groups in total. The van der Waals surface area contributed by atoms with E-state index in [9.17, 15) is 9.59 Å². The largest absolute Gasteiger partial charge is 0.480 e. The summed E-state index contributed by atoms with van der Waals surface area (Å²) in [7, 11) is 0. The number of hydrogen-bond acceptors (Lipinski definition) is 2. The first kappa shape index (κ1) is 16.0. The number of rotatable bonds is 5. The highest BCUT2D eigenvalue weighted by atomic mass is 16.4. The van der Waals surface area contributed by atoms with Gasteiger partial charge in [0.1, 0.15) is 5.54 Å². The SMILES string of the molecule is CCC(C)(NC(=O)Nc1ccc(C(C)C)cc1)C(=O)O. The van der Waals surface area contributed by atoms with Gasteiger partial charge in [0.05, 0.1) is 0 Å². The second kappa shape index (κ2) is 6.41. The first-order valence-electron chi connectivity index (χ1n) is 6.71. The number of aliphatic carboxylic acids is 1. The van der Waals surface area contributed by atoms with Crippen LogP contribution in [0.25, 0.3) is 0 Å². The molecule has 0 spiro atoms. The summed E-state index contributed by atoms with van der Waals surface area (Å²) >= 11 is 0. The van der Waals surface area contributed by atoms with Crippen molar-refractivity contribution in [3.63, 3.8) is 0 Å². The average molecular weight is 278 g/mol. The van der Waals surface area contributed by atoms with Crippen LogP contribution < -0.4 is 10.6 Å². The van der Waals surface area contributed by atoms with E-state index in [1.165, 1.54) is 12.5 Å². The number of anilines is 1.